The maximum Gasteiger partial charge on any atom is 0.311 e. The van der Waals surface area contributed by atoms with Crippen LogP contribution < -0.4 is 10.6 Å². The molecule has 1 aliphatic heterocycles. The highest BCUT2D eigenvalue weighted by Gasteiger charge is 2.27. The molecule has 2 amide bonds. The molecule has 1 unspecified atom stereocenters. The Morgan fingerprint density at radius 1 is 1.63 bits per heavy atom. The normalized spacial score (nSPS) is 18.9. The molecule has 19 heavy (non-hydrogen) atoms. The summed E-state index contributed by atoms with van der Waals surface area (Å²) in [5.41, 5.74) is 0.589. The molecule has 0 spiro atoms. The number of piperidine rings is 1. The molecule has 0 aromatic carbocycles. The van der Waals surface area contributed by atoms with Crippen LogP contribution in [0.25, 0.3) is 0 Å². The molecule has 1 saturated heterocycles. The summed E-state index contributed by atoms with van der Waals surface area (Å²) in [5, 5.41) is 7.49. The van der Waals surface area contributed by atoms with Gasteiger partial charge in [-0.3, -0.25) is 19.7 Å². The second-order valence-corrected chi connectivity index (χ2v) is 4.90. The summed E-state index contributed by atoms with van der Waals surface area (Å²) in [6.07, 6.45) is 0.852. The lowest BCUT2D eigenvalue weighted by Gasteiger charge is -2.21. The van der Waals surface area contributed by atoms with E-state index in [2.05, 4.69) is 20.4 Å². The van der Waals surface area contributed by atoms with Crippen molar-refractivity contribution in [2.75, 3.05) is 12.4 Å². The molecule has 102 valence electrons. The van der Waals surface area contributed by atoms with Crippen LogP contribution in [0.1, 0.15) is 18.5 Å². The van der Waals surface area contributed by atoms with E-state index in [4.69, 9.17) is 0 Å². The van der Waals surface area contributed by atoms with Crippen molar-refractivity contribution in [2.24, 2.45) is 0 Å². The molecular formula is C11H13N3O4S. The van der Waals surface area contributed by atoms with Crippen molar-refractivity contribution in [3.8, 4) is 0 Å². The molecule has 1 atom stereocenters. The highest BCUT2D eigenvalue weighted by molar-refractivity contribution is 7.13. The molecule has 8 heteroatoms. The zero-order valence-electron chi connectivity index (χ0n) is 10.3. The molecule has 1 aliphatic rings. The molecule has 1 fully saturated rings. The van der Waals surface area contributed by atoms with E-state index < -0.39 is 6.04 Å². The Kier molecular flexibility index (Phi) is 4.10. The van der Waals surface area contributed by atoms with Crippen LogP contribution >= 0.6 is 11.3 Å². The van der Waals surface area contributed by atoms with Crippen molar-refractivity contribution in [3.05, 3.63) is 11.1 Å². The lowest BCUT2D eigenvalue weighted by molar-refractivity contribution is -0.140. The number of esters is 1. The third kappa shape index (κ3) is 3.50. The van der Waals surface area contributed by atoms with Crippen LogP contribution in [0.4, 0.5) is 5.13 Å². The molecule has 1 aromatic heterocycles. The van der Waals surface area contributed by atoms with Gasteiger partial charge in [0, 0.05) is 11.8 Å². The Hall–Kier alpha value is -1.96. The number of carbonyl (C=O) groups excluding carboxylic acids is 3. The van der Waals surface area contributed by atoms with Crippen LogP contribution in [0, 0.1) is 0 Å². The van der Waals surface area contributed by atoms with Gasteiger partial charge in [0.2, 0.25) is 11.8 Å². The minimum Gasteiger partial charge on any atom is -0.469 e. The number of methoxy groups -OCH3 is 1. The van der Waals surface area contributed by atoms with Gasteiger partial charge in [-0.25, -0.2) is 4.98 Å². The number of hydrogen-bond donors (Lipinski definition) is 2. The third-order valence-electron chi connectivity index (χ3n) is 2.64. The van der Waals surface area contributed by atoms with E-state index in [9.17, 15) is 14.4 Å². The Bertz CT molecular complexity index is 514. The fourth-order valence-electron chi connectivity index (χ4n) is 1.65. The zero-order valence-corrected chi connectivity index (χ0v) is 11.1. The predicted octanol–water partition coefficient (Wildman–Crippen LogP) is 0.0757. The number of anilines is 1. The van der Waals surface area contributed by atoms with Crippen molar-refractivity contribution in [2.45, 2.75) is 25.3 Å². The Labute approximate surface area is 113 Å². The average Bonchev–Trinajstić information content (AvgIpc) is 2.80. The van der Waals surface area contributed by atoms with Gasteiger partial charge < -0.3 is 10.1 Å². The van der Waals surface area contributed by atoms with Crippen molar-refractivity contribution in [1.82, 2.24) is 10.3 Å². The second kappa shape index (κ2) is 5.79. The molecule has 2 heterocycles. The minimum atomic E-state index is -0.463. The van der Waals surface area contributed by atoms with Gasteiger partial charge in [0.15, 0.2) is 5.13 Å². The van der Waals surface area contributed by atoms with Gasteiger partial charge in [0.25, 0.3) is 0 Å². The molecule has 7 nitrogen and oxygen atoms in total. The van der Waals surface area contributed by atoms with Gasteiger partial charge in [-0.05, 0) is 6.42 Å². The second-order valence-electron chi connectivity index (χ2n) is 4.04. The number of thiazole rings is 1. The van der Waals surface area contributed by atoms with E-state index in [0.29, 0.717) is 23.7 Å². The predicted molar refractivity (Wildman–Crippen MR) is 67.6 cm³/mol. The summed E-state index contributed by atoms with van der Waals surface area (Å²) in [7, 11) is 1.32. The van der Waals surface area contributed by atoms with Crippen LogP contribution in [0.15, 0.2) is 5.38 Å². The van der Waals surface area contributed by atoms with Gasteiger partial charge in [-0.2, -0.15) is 0 Å². The maximum absolute atomic E-state index is 11.5. The third-order valence-corrected chi connectivity index (χ3v) is 3.46. The molecular weight excluding hydrogens is 270 g/mol. The van der Waals surface area contributed by atoms with Gasteiger partial charge in [-0.1, -0.05) is 0 Å². The smallest absolute Gasteiger partial charge is 0.311 e. The first-order valence-electron chi connectivity index (χ1n) is 5.70. The summed E-state index contributed by atoms with van der Waals surface area (Å²) in [4.78, 5) is 37.8. The first-order chi connectivity index (χ1) is 9.08. The topological polar surface area (TPSA) is 97.4 Å². The molecule has 0 saturated carbocycles. The molecule has 2 rings (SSSR count). The lowest BCUT2D eigenvalue weighted by atomic mass is 10.1. The van der Waals surface area contributed by atoms with E-state index >= 15 is 0 Å². The van der Waals surface area contributed by atoms with E-state index in [-0.39, 0.29) is 24.2 Å². The number of imide groups is 1. The number of amides is 2. The first kappa shape index (κ1) is 13.5. The number of rotatable bonds is 4. The fraction of sp³-hybridized carbons (Fsp3) is 0.455. The molecule has 0 bridgehead atoms. The quantitative estimate of drug-likeness (QED) is 0.600. The number of aromatic nitrogens is 1. The van der Waals surface area contributed by atoms with Gasteiger partial charge in [0.05, 0.1) is 19.2 Å². The molecule has 0 aliphatic carbocycles. The van der Waals surface area contributed by atoms with Crippen LogP contribution in [0.2, 0.25) is 0 Å². The summed E-state index contributed by atoms with van der Waals surface area (Å²) >= 11 is 1.30. The van der Waals surface area contributed by atoms with Crippen LogP contribution in [0.3, 0.4) is 0 Å². The fourth-order valence-corrected chi connectivity index (χ4v) is 2.42. The number of ether oxygens (including phenoxy) is 1. The first-order valence-corrected chi connectivity index (χ1v) is 6.58. The van der Waals surface area contributed by atoms with Crippen LogP contribution in [-0.4, -0.2) is 35.9 Å². The summed E-state index contributed by atoms with van der Waals surface area (Å²) < 4.78 is 4.55. The number of nitrogens with one attached hydrogen (secondary N) is 2. The summed E-state index contributed by atoms with van der Waals surface area (Å²) in [5.74, 6) is -0.965. The number of nitrogens with zero attached hydrogens (tertiary/aromatic N) is 1. The molecule has 2 N–H and O–H groups in total. The van der Waals surface area contributed by atoms with E-state index in [1.54, 1.807) is 5.38 Å². The lowest BCUT2D eigenvalue weighted by Crippen LogP contribution is -2.47. The standard InChI is InChI=1S/C11H13N3O4S/c1-18-9(16)4-6-5-19-11(12-6)13-7-2-3-8(15)14-10(7)17/h5,7H,2-4H2,1H3,(H,12,13)(H,14,15,17). The van der Waals surface area contributed by atoms with Crippen LogP contribution in [-0.2, 0) is 25.5 Å². The van der Waals surface area contributed by atoms with E-state index in [1.807, 2.05) is 0 Å². The number of hydrogen-bond acceptors (Lipinski definition) is 7. The SMILES string of the molecule is COC(=O)Cc1csc(NC2CCC(=O)NC2=O)n1. The molecule has 0 radical (unpaired) electrons. The van der Waals surface area contributed by atoms with Crippen molar-refractivity contribution in [1.29, 1.82) is 0 Å². The van der Waals surface area contributed by atoms with Crippen molar-refractivity contribution < 1.29 is 19.1 Å². The largest absolute Gasteiger partial charge is 0.469 e. The van der Waals surface area contributed by atoms with Crippen molar-refractivity contribution >= 4 is 34.3 Å². The highest BCUT2D eigenvalue weighted by Crippen LogP contribution is 2.19. The zero-order chi connectivity index (χ0) is 13.8. The monoisotopic (exact) mass is 283 g/mol. The Morgan fingerprint density at radius 2 is 2.42 bits per heavy atom. The van der Waals surface area contributed by atoms with Crippen molar-refractivity contribution in [3.63, 3.8) is 0 Å². The average molecular weight is 283 g/mol. The van der Waals surface area contributed by atoms with Gasteiger partial charge in [-0.15, -0.1) is 11.3 Å². The number of carbonyl (C=O) groups is 3. The van der Waals surface area contributed by atoms with E-state index in [1.165, 1.54) is 18.4 Å². The Morgan fingerprint density at radius 3 is 3.11 bits per heavy atom. The summed E-state index contributed by atoms with van der Waals surface area (Å²) in [6.45, 7) is 0. The minimum absolute atomic E-state index is 0.101. The molecule has 1 aromatic rings. The Balaban J connectivity index is 1.94. The summed E-state index contributed by atoms with van der Waals surface area (Å²) in [6, 6.07) is -0.463. The van der Waals surface area contributed by atoms with Gasteiger partial charge in [0.1, 0.15) is 6.04 Å². The van der Waals surface area contributed by atoms with Gasteiger partial charge >= 0.3 is 5.97 Å². The highest BCUT2D eigenvalue weighted by atomic mass is 32.1. The van der Waals surface area contributed by atoms with E-state index in [0.717, 1.165) is 0 Å². The maximum atomic E-state index is 11.5. The van der Waals surface area contributed by atoms with Crippen LogP contribution in [0.5, 0.6) is 0 Å².